The molecular weight excluding hydrogens is 340 g/mol. The van der Waals surface area contributed by atoms with Gasteiger partial charge in [0.25, 0.3) is 0 Å². The van der Waals surface area contributed by atoms with Crippen molar-refractivity contribution in [3.8, 4) is 0 Å². The van der Waals surface area contributed by atoms with Crippen molar-refractivity contribution < 1.29 is 0 Å². The molecule has 1 atom stereocenters. The van der Waals surface area contributed by atoms with E-state index in [9.17, 15) is 0 Å². The third kappa shape index (κ3) is 3.20. The highest BCUT2D eigenvalue weighted by molar-refractivity contribution is 9.12. The van der Waals surface area contributed by atoms with Crippen molar-refractivity contribution in [3.63, 3.8) is 0 Å². The number of benzene rings is 1. The van der Waals surface area contributed by atoms with E-state index in [1.54, 1.807) is 0 Å². The molecule has 2 rings (SSSR count). The second kappa shape index (κ2) is 5.83. The fourth-order valence-electron chi connectivity index (χ4n) is 1.87. The molecule has 0 aromatic heterocycles. The van der Waals surface area contributed by atoms with Crippen LogP contribution in [0.25, 0.3) is 6.08 Å². The van der Waals surface area contributed by atoms with E-state index < -0.39 is 0 Å². The molecule has 1 aromatic carbocycles. The Morgan fingerprint density at radius 3 is 2.65 bits per heavy atom. The summed E-state index contributed by atoms with van der Waals surface area (Å²) in [6, 6.07) is 8.26. The maximum atomic E-state index is 3.62. The summed E-state index contributed by atoms with van der Waals surface area (Å²) < 4.78 is 2.33. The van der Waals surface area contributed by atoms with Crippen molar-refractivity contribution in [1.82, 2.24) is 0 Å². The van der Waals surface area contributed by atoms with Crippen LogP contribution in [-0.4, -0.2) is 0 Å². The lowest BCUT2D eigenvalue weighted by molar-refractivity contribution is 0.703. The highest BCUT2D eigenvalue weighted by atomic mass is 79.9. The topological polar surface area (TPSA) is 0 Å². The average molecular weight is 354 g/mol. The lowest BCUT2D eigenvalue weighted by atomic mass is 9.92. The Labute approximate surface area is 119 Å². The second-order valence-electron chi connectivity index (χ2n) is 4.20. The van der Waals surface area contributed by atoms with Gasteiger partial charge in [-0.1, -0.05) is 81.3 Å². The molecule has 0 radical (unpaired) electrons. The van der Waals surface area contributed by atoms with Crippen LogP contribution in [0, 0.1) is 5.92 Å². The van der Waals surface area contributed by atoms with Crippen LogP contribution in [-0.2, 0) is 0 Å². The summed E-state index contributed by atoms with van der Waals surface area (Å²) in [5, 5.41) is 0. The van der Waals surface area contributed by atoms with Gasteiger partial charge in [-0.3, -0.25) is 0 Å². The van der Waals surface area contributed by atoms with Gasteiger partial charge in [0.15, 0.2) is 0 Å². The van der Waals surface area contributed by atoms with Gasteiger partial charge in [-0.25, -0.2) is 0 Å². The number of hydrogen-bond acceptors (Lipinski definition) is 0. The molecule has 17 heavy (non-hydrogen) atoms. The van der Waals surface area contributed by atoms with Crippen LogP contribution in [0.15, 0.2) is 57.0 Å². The SMILES string of the molecule is CC1CC=CC(Br)=C1C=Cc1ccccc1Br. The van der Waals surface area contributed by atoms with E-state index in [-0.39, 0.29) is 0 Å². The zero-order valence-corrected chi connectivity index (χ0v) is 12.8. The summed E-state index contributed by atoms with van der Waals surface area (Å²) in [5.41, 5.74) is 2.57. The summed E-state index contributed by atoms with van der Waals surface area (Å²) in [7, 11) is 0. The van der Waals surface area contributed by atoms with Gasteiger partial charge in [0, 0.05) is 8.96 Å². The van der Waals surface area contributed by atoms with Crippen LogP contribution < -0.4 is 0 Å². The predicted octanol–water partition coefficient (Wildman–Crippen LogP) is 5.71. The van der Waals surface area contributed by atoms with Crippen molar-refractivity contribution in [2.75, 3.05) is 0 Å². The van der Waals surface area contributed by atoms with Crippen LogP contribution in [0.3, 0.4) is 0 Å². The van der Waals surface area contributed by atoms with Crippen LogP contribution in [0.4, 0.5) is 0 Å². The summed E-state index contributed by atoms with van der Waals surface area (Å²) in [6.07, 6.45) is 9.84. The largest absolute Gasteiger partial charge is 0.0828 e. The first-order valence-corrected chi connectivity index (χ1v) is 7.26. The highest BCUT2D eigenvalue weighted by Gasteiger charge is 2.11. The number of halogens is 2. The maximum Gasteiger partial charge on any atom is 0.0247 e. The molecule has 0 fully saturated rings. The van der Waals surface area contributed by atoms with E-state index in [2.05, 4.69) is 81.3 Å². The van der Waals surface area contributed by atoms with Gasteiger partial charge in [0.2, 0.25) is 0 Å². The van der Waals surface area contributed by atoms with E-state index in [0.29, 0.717) is 5.92 Å². The summed E-state index contributed by atoms with van der Waals surface area (Å²) in [5.74, 6) is 0.577. The molecule has 0 aliphatic heterocycles. The standard InChI is InChI=1S/C15H14Br2/c1-11-5-4-8-15(17)13(11)10-9-12-6-2-3-7-14(12)16/h2-4,6-11H,5H2,1H3. The molecule has 0 N–H and O–H groups in total. The zero-order chi connectivity index (χ0) is 12.3. The van der Waals surface area contributed by atoms with Crippen LogP contribution in [0.1, 0.15) is 18.9 Å². The normalized spacial score (nSPS) is 20.3. The molecule has 0 nitrogen and oxygen atoms in total. The first kappa shape index (κ1) is 12.8. The number of rotatable bonds is 2. The number of allylic oxidation sites excluding steroid dienone is 5. The molecule has 0 saturated heterocycles. The molecule has 1 aromatic rings. The van der Waals surface area contributed by atoms with E-state index in [1.165, 1.54) is 15.6 Å². The summed E-state index contributed by atoms with van der Waals surface area (Å²) in [6.45, 7) is 2.25. The van der Waals surface area contributed by atoms with Gasteiger partial charge in [-0.2, -0.15) is 0 Å². The third-order valence-corrected chi connectivity index (χ3v) is 4.35. The van der Waals surface area contributed by atoms with Crippen molar-refractivity contribution in [2.24, 2.45) is 5.92 Å². The Kier molecular flexibility index (Phi) is 4.41. The Bertz CT molecular complexity index is 495. The summed E-state index contributed by atoms with van der Waals surface area (Å²) >= 11 is 7.18. The van der Waals surface area contributed by atoms with E-state index in [1.807, 2.05) is 6.07 Å². The van der Waals surface area contributed by atoms with Gasteiger partial charge in [-0.05, 0) is 29.5 Å². The van der Waals surface area contributed by atoms with Crippen molar-refractivity contribution in [2.45, 2.75) is 13.3 Å². The minimum absolute atomic E-state index is 0.577. The average Bonchev–Trinajstić information content (AvgIpc) is 2.30. The molecule has 1 unspecified atom stereocenters. The van der Waals surface area contributed by atoms with Crippen LogP contribution in [0.2, 0.25) is 0 Å². The second-order valence-corrected chi connectivity index (χ2v) is 5.91. The lowest BCUT2D eigenvalue weighted by Crippen LogP contribution is -2.00. The van der Waals surface area contributed by atoms with E-state index in [4.69, 9.17) is 0 Å². The van der Waals surface area contributed by atoms with Gasteiger partial charge >= 0.3 is 0 Å². The van der Waals surface area contributed by atoms with Gasteiger partial charge in [0.1, 0.15) is 0 Å². The Morgan fingerprint density at radius 2 is 1.94 bits per heavy atom. The Balaban J connectivity index is 2.27. The minimum Gasteiger partial charge on any atom is -0.0828 e. The Hall–Kier alpha value is -0.600. The molecule has 0 amide bonds. The van der Waals surface area contributed by atoms with Crippen molar-refractivity contribution in [3.05, 3.63) is 62.6 Å². The first-order valence-electron chi connectivity index (χ1n) is 5.67. The molecule has 0 heterocycles. The molecule has 88 valence electrons. The van der Waals surface area contributed by atoms with Crippen LogP contribution >= 0.6 is 31.9 Å². The lowest BCUT2D eigenvalue weighted by Gasteiger charge is -2.16. The highest BCUT2D eigenvalue weighted by Crippen LogP contribution is 2.30. The molecule has 2 heteroatoms. The number of hydrogen-bond donors (Lipinski definition) is 0. The third-order valence-electron chi connectivity index (χ3n) is 2.91. The molecule has 0 saturated carbocycles. The smallest absolute Gasteiger partial charge is 0.0247 e. The molecule has 0 bridgehead atoms. The van der Waals surface area contributed by atoms with Crippen molar-refractivity contribution in [1.29, 1.82) is 0 Å². The van der Waals surface area contributed by atoms with Crippen molar-refractivity contribution >= 4 is 37.9 Å². The van der Waals surface area contributed by atoms with Gasteiger partial charge < -0.3 is 0 Å². The van der Waals surface area contributed by atoms with Crippen LogP contribution in [0.5, 0.6) is 0 Å². The predicted molar refractivity (Wildman–Crippen MR) is 82.1 cm³/mol. The van der Waals surface area contributed by atoms with Gasteiger partial charge in [-0.15, -0.1) is 0 Å². The monoisotopic (exact) mass is 352 g/mol. The fraction of sp³-hybridized carbons (Fsp3) is 0.200. The summed E-state index contributed by atoms with van der Waals surface area (Å²) in [4.78, 5) is 0. The van der Waals surface area contributed by atoms with Gasteiger partial charge in [0.05, 0.1) is 0 Å². The quantitative estimate of drug-likeness (QED) is 0.639. The molecule has 1 aliphatic rings. The Morgan fingerprint density at radius 1 is 1.18 bits per heavy atom. The minimum atomic E-state index is 0.577. The fourth-order valence-corrected chi connectivity index (χ4v) is 2.99. The molecular formula is C15H14Br2. The first-order chi connectivity index (χ1) is 8.18. The van der Waals surface area contributed by atoms with E-state index in [0.717, 1.165) is 10.9 Å². The zero-order valence-electron chi connectivity index (χ0n) is 9.66. The molecule has 0 spiro atoms. The van der Waals surface area contributed by atoms with E-state index >= 15 is 0 Å². The maximum absolute atomic E-state index is 3.62. The molecule has 1 aliphatic carbocycles.